The van der Waals surface area contributed by atoms with Crippen LogP contribution in [0.15, 0.2) is 18.2 Å². The van der Waals surface area contributed by atoms with E-state index in [2.05, 4.69) is 0 Å². The summed E-state index contributed by atoms with van der Waals surface area (Å²) in [5.41, 5.74) is 1.09. The summed E-state index contributed by atoms with van der Waals surface area (Å²) in [6, 6.07) is 4.35. The molecule has 8 heteroatoms. The Bertz CT molecular complexity index is 492. The molecule has 0 unspecified atom stereocenters. The summed E-state index contributed by atoms with van der Waals surface area (Å²) in [4.78, 5) is 23.6. The molecule has 0 saturated heterocycles. The largest absolute Gasteiger partial charge is 0.435 e. The summed E-state index contributed by atoms with van der Waals surface area (Å²) in [5, 5.41) is 0. The summed E-state index contributed by atoms with van der Waals surface area (Å²) in [6.45, 7) is 1.18. The molecule has 0 aliphatic carbocycles. The maximum absolute atomic E-state index is 11.8. The van der Waals surface area contributed by atoms with Crippen LogP contribution < -0.4 is 0 Å². The van der Waals surface area contributed by atoms with Crippen LogP contribution in [0.5, 0.6) is 0 Å². The number of carbonyl (C=O) groups is 2. The van der Waals surface area contributed by atoms with Crippen LogP contribution in [-0.4, -0.2) is 37.7 Å². The number of rotatable bonds is 8. The first-order valence-corrected chi connectivity index (χ1v) is 6.89. The third-order valence-electron chi connectivity index (χ3n) is 2.39. The molecule has 1 aromatic rings. The molecule has 21 heavy (non-hydrogen) atoms. The van der Waals surface area contributed by atoms with Crippen molar-refractivity contribution in [3.05, 3.63) is 34.9 Å². The number of aryl methyl sites for hydroxylation is 1. The Labute approximate surface area is 131 Å². The lowest BCUT2D eigenvalue weighted by Crippen LogP contribution is -2.13. The van der Waals surface area contributed by atoms with E-state index >= 15 is 0 Å². The average molecular weight is 337 g/mol. The number of ether oxygens (including phenoxy) is 4. The molecular formula is C13H14Cl2O6. The number of hydrogen-bond acceptors (Lipinski definition) is 6. The second kappa shape index (κ2) is 9.57. The molecule has 0 aliphatic rings. The lowest BCUT2D eigenvalue weighted by molar-refractivity contribution is -0.0181. The van der Waals surface area contributed by atoms with E-state index < -0.39 is 11.9 Å². The molecule has 1 rings (SSSR count). The number of hydrogen-bond donors (Lipinski definition) is 0. The number of alkyl halides is 2. The van der Waals surface area contributed by atoms with Crippen LogP contribution in [0.1, 0.15) is 26.3 Å². The van der Waals surface area contributed by atoms with Gasteiger partial charge in [-0.05, 0) is 24.6 Å². The fourth-order valence-corrected chi connectivity index (χ4v) is 1.51. The van der Waals surface area contributed by atoms with Gasteiger partial charge >= 0.3 is 11.9 Å². The first-order valence-electron chi connectivity index (χ1n) is 5.82. The Morgan fingerprint density at radius 2 is 1.57 bits per heavy atom. The van der Waals surface area contributed by atoms with E-state index in [9.17, 15) is 9.59 Å². The van der Waals surface area contributed by atoms with E-state index in [1.165, 1.54) is 12.1 Å². The Morgan fingerprint density at radius 1 is 1.00 bits per heavy atom. The molecule has 0 fully saturated rings. The molecule has 6 nitrogen and oxygen atoms in total. The van der Waals surface area contributed by atoms with Crippen molar-refractivity contribution in [3.8, 4) is 0 Å². The van der Waals surface area contributed by atoms with Crippen LogP contribution in [0.3, 0.4) is 0 Å². The van der Waals surface area contributed by atoms with E-state index in [1.54, 1.807) is 13.0 Å². The number of carbonyl (C=O) groups excluding carboxylic acids is 2. The topological polar surface area (TPSA) is 71.1 Å². The van der Waals surface area contributed by atoms with Crippen molar-refractivity contribution in [3.63, 3.8) is 0 Å². The van der Waals surface area contributed by atoms with Gasteiger partial charge in [-0.15, -0.1) is 0 Å². The van der Waals surface area contributed by atoms with Gasteiger partial charge in [0.2, 0.25) is 0 Å². The molecule has 0 N–H and O–H groups in total. The molecule has 0 bridgehead atoms. The summed E-state index contributed by atoms with van der Waals surface area (Å²) in [5.74, 6) is -1.25. The molecule has 0 aliphatic heterocycles. The molecule has 0 aromatic heterocycles. The predicted molar refractivity (Wildman–Crippen MR) is 75.4 cm³/mol. The number of esters is 2. The molecule has 0 atom stereocenters. The summed E-state index contributed by atoms with van der Waals surface area (Å²) in [6.07, 6.45) is 0. The molecule has 0 radical (unpaired) electrons. The molecule has 0 heterocycles. The Hall–Kier alpha value is -1.34. The van der Waals surface area contributed by atoms with Gasteiger partial charge in [0.25, 0.3) is 0 Å². The Balaban J connectivity index is 2.74. The van der Waals surface area contributed by atoms with Crippen LogP contribution in [0.4, 0.5) is 0 Å². The molecule has 0 amide bonds. The monoisotopic (exact) mass is 336 g/mol. The van der Waals surface area contributed by atoms with E-state index in [-0.39, 0.29) is 36.8 Å². The lowest BCUT2D eigenvalue weighted by Gasteiger charge is -2.09. The van der Waals surface area contributed by atoms with Crippen molar-refractivity contribution in [1.82, 2.24) is 0 Å². The fourth-order valence-electron chi connectivity index (χ4n) is 1.38. The lowest BCUT2D eigenvalue weighted by atomic mass is 10.1. The highest BCUT2D eigenvalue weighted by molar-refractivity contribution is 6.17. The minimum absolute atomic E-state index is 0.0840. The zero-order valence-corrected chi connectivity index (χ0v) is 12.8. The van der Waals surface area contributed by atoms with E-state index in [1.807, 2.05) is 0 Å². The molecule has 0 spiro atoms. The van der Waals surface area contributed by atoms with Crippen molar-refractivity contribution < 1.29 is 28.5 Å². The number of benzene rings is 1. The van der Waals surface area contributed by atoms with Gasteiger partial charge in [-0.25, -0.2) is 9.59 Å². The highest BCUT2D eigenvalue weighted by Crippen LogP contribution is 2.14. The second-order valence-corrected chi connectivity index (χ2v) is 4.19. The quantitative estimate of drug-likeness (QED) is 0.314. The summed E-state index contributed by atoms with van der Waals surface area (Å²) in [7, 11) is 0. The van der Waals surface area contributed by atoms with Gasteiger partial charge < -0.3 is 18.9 Å². The van der Waals surface area contributed by atoms with Crippen LogP contribution in [0.25, 0.3) is 0 Å². The zero-order chi connectivity index (χ0) is 15.7. The first-order chi connectivity index (χ1) is 10.1. The van der Waals surface area contributed by atoms with Crippen LogP contribution in [0.2, 0.25) is 0 Å². The maximum Gasteiger partial charge on any atom is 0.340 e. The van der Waals surface area contributed by atoms with Gasteiger partial charge in [-0.3, -0.25) is 0 Å². The first kappa shape index (κ1) is 17.7. The van der Waals surface area contributed by atoms with E-state index in [0.29, 0.717) is 5.56 Å². The Kier molecular flexibility index (Phi) is 8.07. The number of halogens is 2. The SMILES string of the molecule is Cc1ccc(C(=O)OCOCCl)cc1C(=O)OCOCCl. The minimum Gasteiger partial charge on any atom is -0.435 e. The summed E-state index contributed by atoms with van der Waals surface area (Å²) >= 11 is 10.6. The van der Waals surface area contributed by atoms with E-state index in [0.717, 1.165) is 0 Å². The van der Waals surface area contributed by atoms with Crippen molar-refractivity contribution in [2.24, 2.45) is 0 Å². The van der Waals surface area contributed by atoms with Gasteiger partial charge in [0.15, 0.2) is 13.6 Å². The third kappa shape index (κ3) is 5.89. The normalized spacial score (nSPS) is 10.2. The minimum atomic E-state index is -0.633. The van der Waals surface area contributed by atoms with Crippen molar-refractivity contribution in [1.29, 1.82) is 0 Å². The van der Waals surface area contributed by atoms with Crippen LogP contribution in [-0.2, 0) is 18.9 Å². The predicted octanol–water partition coefficient (Wildman–Crippen LogP) is 2.65. The smallest absolute Gasteiger partial charge is 0.340 e. The van der Waals surface area contributed by atoms with Crippen LogP contribution in [0, 0.1) is 6.92 Å². The molecule has 0 saturated carbocycles. The van der Waals surface area contributed by atoms with Gasteiger partial charge in [0.05, 0.1) is 11.1 Å². The van der Waals surface area contributed by atoms with Gasteiger partial charge in [-0.2, -0.15) is 0 Å². The standard InChI is InChI=1S/C13H14Cl2O6/c1-9-2-3-10(12(16)20-7-18-5-14)4-11(9)13(17)21-8-19-6-15/h2-4H,5-8H2,1H3. The Morgan fingerprint density at radius 3 is 2.14 bits per heavy atom. The van der Waals surface area contributed by atoms with Crippen molar-refractivity contribution in [2.45, 2.75) is 6.92 Å². The van der Waals surface area contributed by atoms with Gasteiger partial charge in [0, 0.05) is 0 Å². The summed E-state index contributed by atoms with van der Waals surface area (Å²) < 4.78 is 19.0. The highest BCUT2D eigenvalue weighted by atomic mass is 35.5. The highest BCUT2D eigenvalue weighted by Gasteiger charge is 2.15. The second-order valence-electron chi connectivity index (χ2n) is 3.76. The third-order valence-corrected chi connectivity index (χ3v) is 2.70. The molecular weight excluding hydrogens is 323 g/mol. The average Bonchev–Trinajstić information content (AvgIpc) is 2.48. The fraction of sp³-hybridized carbons (Fsp3) is 0.385. The molecule has 116 valence electrons. The van der Waals surface area contributed by atoms with E-state index in [4.69, 9.17) is 42.1 Å². The van der Waals surface area contributed by atoms with Crippen molar-refractivity contribution >= 4 is 35.1 Å². The molecule has 1 aromatic carbocycles. The van der Waals surface area contributed by atoms with Crippen LogP contribution >= 0.6 is 23.2 Å². The van der Waals surface area contributed by atoms with Crippen molar-refractivity contribution in [2.75, 3.05) is 25.7 Å². The zero-order valence-electron chi connectivity index (χ0n) is 11.3. The van der Waals surface area contributed by atoms with Gasteiger partial charge in [0.1, 0.15) is 12.1 Å². The van der Waals surface area contributed by atoms with Gasteiger partial charge in [-0.1, -0.05) is 29.3 Å². The maximum atomic E-state index is 11.8.